The van der Waals surface area contributed by atoms with Crippen LogP contribution in [0.2, 0.25) is 0 Å². The van der Waals surface area contributed by atoms with Gasteiger partial charge in [-0.1, -0.05) is 20.8 Å². The van der Waals surface area contributed by atoms with E-state index in [0.29, 0.717) is 0 Å². The molecule has 1 atom stereocenters. The summed E-state index contributed by atoms with van der Waals surface area (Å²) in [6.07, 6.45) is 0. The maximum Gasteiger partial charge on any atom is 0.0639 e. The van der Waals surface area contributed by atoms with Crippen molar-refractivity contribution in [1.29, 1.82) is 0 Å². The first kappa shape index (κ1) is 7.96. The molecule has 0 fully saturated rings. The molecular weight excluding hydrogens is 101 g/mol. The van der Waals surface area contributed by atoms with Crippen molar-refractivity contribution >= 4 is 0 Å². The molecule has 1 N–H and O–H groups in total. The Morgan fingerprint density at radius 2 is 1.00 bits per heavy atom. The molecule has 0 spiro atoms. The fourth-order valence-corrected chi connectivity index (χ4v) is 0. The lowest BCUT2D eigenvalue weighted by Gasteiger charge is -2.33. The average Bonchev–Trinajstić information content (AvgIpc) is 1.25. The summed E-state index contributed by atoms with van der Waals surface area (Å²) in [6, 6.07) is 0. The molecule has 0 radical (unpaired) electrons. The van der Waals surface area contributed by atoms with Crippen LogP contribution in [0.5, 0.6) is 0 Å². The van der Waals surface area contributed by atoms with Gasteiger partial charge in [-0.25, -0.2) is 0 Å². The van der Waals surface area contributed by atoms with Crippen LogP contribution in [0.25, 0.3) is 0 Å². The molecule has 50 valence electrons. The largest absolute Gasteiger partial charge is 0.390 e. The van der Waals surface area contributed by atoms with Crippen molar-refractivity contribution < 1.29 is 5.11 Å². The maximum atomic E-state index is 9.35. The predicted octanol–water partition coefficient (Wildman–Crippen LogP) is 1.80. The highest BCUT2D eigenvalue weighted by Gasteiger charge is 2.29. The third-order valence-electron chi connectivity index (χ3n) is 1.84. The average molecular weight is 117 g/mol. The summed E-state index contributed by atoms with van der Waals surface area (Å²) in [4.78, 5) is 0. The monoisotopic (exact) mass is 117 g/mol. The van der Waals surface area contributed by atoms with Crippen LogP contribution in [-0.4, -0.2) is 10.7 Å². The lowest BCUT2D eigenvalue weighted by Crippen LogP contribution is -2.35. The molecule has 0 rings (SSSR count). The summed E-state index contributed by atoms with van der Waals surface area (Å²) >= 11 is 0. The highest BCUT2D eigenvalue weighted by Crippen LogP contribution is 2.28. The minimum absolute atomic E-state index is 0.00694. The zero-order chi connectivity index (χ0) is 7.00. The molecule has 0 amide bonds. The second-order valence-electron chi connectivity index (χ2n) is 3.81. The molecule has 0 aliphatic carbocycles. The van der Waals surface area contributed by atoms with Crippen molar-refractivity contribution in [2.75, 3.05) is 0 Å². The first-order valence-corrected chi connectivity index (χ1v) is 2.97. The first-order valence-electron chi connectivity index (χ1n) is 2.97. The summed E-state index contributed by atoms with van der Waals surface area (Å²) in [7, 11) is 0. The van der Waals surface area contributed by atoms with Gasteiger partial charge in [0.15, 0.2) is 0 Å². The van der Waals surface area contributed by atoms with Crippen LogP contribution in [0.4, 0.5) is 0 Å². The summed E-state index contributed by atoms with van der Waals surface area (Å²) in [6.45, 7) is 9.72. The van der Waals surface area contributed by atoms with Crippen LogP contribution in [-0.2, 0) is 0 Å². The van der Waals surface area contributed by atoms with Crippen LogP contribution >= 0.6 is 0 Å². The van der Waals surface area contributed by atoms with Gasteiger partial charge < -0.3 is 5.11 Å². The smallest absolute Gasteiger partial charge is 0.0639 e. The van der Waals surface area contributed by atoms with Gasteiger partial charge in [0.2, 0.25) is 0 Å². The van der Waals surface area contributed by atoms with Crippen molar-refractivity contribution in [1.82, 2.24) is 0 Å². The van der Waals surface area contributed by atoms with E-state index in [1.165, 1.54) is 0 Å². The first-order chi connectivity index (χ1) is 3.25. The lowest BCUT2D eigenvalue weighted by atomic mass is 9.83. The van der Waals surface area contributed by atoms with Crippen molar-refractivity contribution in [2.45, 2.75) is 40.2 Å². The number of aliphatic hydroxyl groups is 1. The molecular formula is C7H16O. The molecule has 0 aromatic heterocycles. The molecule has 0 aromatic rings. The van der Waals surface area contributed by atoms with Crippen LogP contribution in [0.1, 0.15) is 34.6 Å². The van der Waals surface area contributed by atoms with Crippen LogP contribution < -0.4 is 0 Å². The van der Waals surface area contributed by atoms with Crippen molar-refractivity contribution in [2.24, 2.45) is 5.41 Å². The maximum absolute atomic E-state index is 9.35. The van der Waals surface area contributed by atoms with E-state index in [0.717, 1.165) is 0 Å². The van der Waals surface area contributed by atoms with Gasteiger partial charge in [0, 0.05) is 0 Å². The molecule has 1 nitrogen and oxygen atoms in total. The van der Waals surface area contributed by atoms with E-state index in [9.17, 15) is 5.11 Å². The molecule has 0 bridgehead atoms. The van der Waals surface area contributed by atoms with Gasteiger partial charge >= 0.3 is 0 Å². The Morgan fingerprint density at radius 1 is 0.875 bits per heavy atom. The third kappa shape index (κ3) is 1.83. The fraction of sp³-hybridized carbons (Fsp3) is 1.00. The minimum Gasteiger partial charge on any atom is -0.390 e. The zero-order valence-electron chi connectivity index (χ0n) is 6.45. The third-order valence-corrected chi connectivity index (χ3v) is 1.84. The van der Waals surface area contributed by atoms with E-state index in [-0.39, 0.29) is 5.41 Å². The summed E-state index contributed by atoms with van der Waals surface area (Å²) in [5.74, 6) is 0. The molecule has 1 heteroatoms. The van der Waals surface area contributed by atoms with E-state index in [4.69, 9.17) is 0 Å². The highest BCUT2D eigenvalue weighted by molar-refractivity contribution is 4.80. The van der Waals surface area contributed by atoms with E-state index >= 15 is 0 Å². The SMILES string of the molecule is CC(C)(C)C(C)([13CH3])O. The lowest BCUT2D eigenvalue weighted by molar-refractivity contribution is -0.0238. The molecule has 1 unspecified atom stereocenters. The quantitative estimate of drug-likeness (QED) is 0.480. The molecule has 0 aliphatic rings. The second-order valence-corrected chi connectivity index (χ2v) is 3.81. The normalized spacial score (nSPS) is 20.2. The van der Waals surface area contributed by atoms with Gasteiger partial charge in [0.05, 0.1) is 5.60 Å². The Bertz CT molecular complexity index is 59.4. The van der Waals surface area contributed by atoms with Crippen molar-refractivity contribution in [3.63, 3.8) is 0 Å². The molecule has 0 aromatic carbocycles. The molecule has 0 saturated heterocycles. The van der Waals surface area contributed by atoms with E-state index in [1.54, 1.807) is 0 Å². The Hall–Kier alpha value is -0.0400. The minimum atomic E-state index is -0.562. The van der Waals surface area contributed by atoms with Crippen molar-refractivity contribution in [3.8, 4) is 0 Å². The van der Waals surface area contributed by atoms with Gasteiger partial charge in [0.25, 0.3) is 0 Å². The molecule has 0 saturated carbocycles. The van der Waals surface area contributed by atoms with Gasteiger partial charge in [-0.15, -0.1) is 0 Å². The van der Waals surface area contributed by atoms with E-state index < -0.39 is 5.60 Å². The van der Waals surface area contributed by atoms with Gasteiger partial charge in [0.1, 0.15) is 0 Å². The standard InChI is InChI=1S/C7H16O/c1-6(2,3)7(4,5)8/h8H,1-5H3/i4+1. The van der Waals surface area contributed by atoms with Crippen LogP contribution in [0.15, 0.2) is 0 Å². The molecule has 0 heterocycles. The zero-order valence-corrected chi connectivity index (χ0v) is 6.45. The Labute approximate surface area is 51.7 Å². The van der Waals surface area contributed by atoms with E-state index in [2.05, 4.69) is 0 Å². The Balaban J connectivity index is 4.02. The summed E-state index contributed by atoms with van der Waals surface area (Å²) in [5, 5.41) is 9.35. The summed E-state index contributed by atoms with van der Waals surface area (Å²) < 4.78 is 0. The predicted molar refractivity (Wildman–Crippen MR) is 35.8 cm³/mol. The van der Waals surface area contributed by atoms with Crippen LogP contribution in [0, 0.1) is 5.41 Å². The molecule has 8 heavy (non-hydrogen) atoms. The second kappa shape index (κ2) is 1.73. The summed E-state index contributed by atoms with van der Waals surface area (Å²) in [5.41, 5.74) is -0.569. The fourth-order valence-electron chi connectivity index (χ4n) is 0. The molecule has 0 aliphatic heterocycles. The number of rotatable bonds is 0. The van der Waals surface area contributed by atoms with Crippen molar-refractivity contribution in [3.05, 3.63) is 0 Å². The number of hydrogen-bond acceptors (Lipinski definition) is 1. The van der Waals surface area contributed by atoms with E-state index in [1.807, 2.05) is 34.6 Å². The van der Waals surface area contributed by atoms with Crippen LogP contribution in [0.3, 0.4) is 0 Å². The number of hydrogen-bond donors (Lipinski definition) is 1. The topological polar surface area (TPSA) is 20.2 Å². The highest BCUT2D eigenvalue weighted by atomic mass is 16.3. The Morgan fingerprint density at radius 3 is 1.00 bits per heavy atom. The van der Waals surface area contributed by atoms with Gasteiger partial charge in [-0.2, -0.15) is 0 Å². The van der Waals surface area contributed by atoms with Gasteiger partial charge in [-0.3, -0.25) is 0 Å². The Kier molecular flexibility index (Phi) is 1.72. The van der Waals surface area contributed by atoms with Gasteiger partial charge in [-0.05, 0) is 19.3 Å².